The summed E-state index contributed by atoms with van der Waals surface area (Å²) in [7, 11) is 0. The number of carbonyl (C=O) groups excluding carboxylic acids is 2. The van der Waals surface area contributed by atoms with Crippen molar-refractivity contribution in [3.05, 3.63) is 23.8 Å². The predicted octanol–water partition coefficient (Wildman–Crippen LogP) is 2.73. The number of carbonyl (C=O) groups is 3. The van der Waals surface area contributed by atoms with Gasteiger partial charge in [0, 0.05) is 18.7 Å². The summed E-state index contributed by atoms with van der Waals surface area (Å²) in [6.45, 7) is 4.69. The molecule has 2 atom stereocenters. The van der Waals surface area contributed by atoms with Crippen molar-refractivity contribution in [1.82, 2.24) is 4.90 Å². The van der Waals surface area contributed by atoms with E-state index in [1.165, 1.54) is 10.5 Å². The Morgan fingerprint density at radius 1 is 1.35 bits per heavy atom. The van der Waals surface area contributed by atoms with Gasteiger partial charge in [0.25, 0.3) is 0 Å². The molecule has 1 aliphatic heterocycles. The van der Waals surface area contributed by atoms with Crippen LogP contribution in [0.15, 0.2) is 23.8 Å². The Hall–Kier alpha value is -1.60. The van der Waals surface area contributed by atoms with Gasteiger partial charge in [-0.2, -0.15) is 0 Å². The van der Waals surface area contributed by atoms with Crippen LogP contribution in [0.1, 0.15) is 52.4 Å². The van der Waals surface area contributed by atoms with Gasteiger partial charge in [-0.15, -0.1) is 11.8 Å². The lowest BCUT2D eigenvalue weighted by atomic mass is 10.1. The van der Waals surface area contributed by atoms with Crippen molar-refractivity contribution >= 4 is 29.5 Å². The highest BCUT2D eigenvalue weighted by molar-refractivity contribution is 8.00. The summed E-state index contributed by atoms with van der Waals surface area (Å²) in [4.78, 5) is 36.3. The number of aliphatic carboxylic acids is 1. The quantitative estimate of drug-likeness (QED) is 0.306. The van der Waals surface area contributed by atoms with E-state index in [2.05, 4.69) is 26.0 Å². The van der Waals surface area contributed by atoms with Gasteiger partial charge in [-0.05, 0) is 32.6 Å². The zero-order valence-corrected chi connectivity index (χ0v) is 16.5. The topological polar surface area (TPSA) is 101 Å². The Balaban J connectivity index is 2.31. The lowest BCUT2D eigenvalue weighted by Gasteiger charge is -2.14. The van der Waals surface area contributed by atoms with E-state index in [1.807, 2.05) is 6.08 Å². The molecule has 0 spiro atoms. The minimum atomic E-state index is -1.10. The SMILES string of the molecule is CCC/C(C)=C\CC/C=C/CCN1C(=O)CC(SCC(N)C(=O)O)C1=O. The van der Waals surface area contributed by atoms with Crippen LogP contribution in [0.2, 0.25) is 0 Å². The van der Waals surface area contributed by atoms with E-state index in [1.54, 1.807) is 0 Å². The van der Waals surface area contributed by atoms with Crippen LogP contribution in [0.25, 0.3) is 0 Å². The van der Waals surface area contributed by atoms with Gasteiger partial charge in [-0.25, -0.2) is 0 Å². The monoisotopic (exact) mass is 382 g/mol. The van der Waals surface area contributed by atoms with Crippen molar-refractivity contribution in [2.75, 3.05) is 12.3 Å². The van der Waals surface area contributed by atoms with Crippen molar-refractivity contribution in [3.8, 4) is 0 Å². The summed E-state index contributed by atoms with van der Waals surface area (Å²) in [5, 5.41) is 8.27. The second-order valence-electron chi connectivity index (χ2n) is 6.49. The van der Waals surface area contributed by atoms with Crippen LogP contribution in [0.4, 0.5) is 0 Å². The molecule has 0 saturated carbocycles. The molecule has 1 heterocycles. The number of thioether (sulfide) groups is 1. The van der Waals surface area contributed by atoms with E-state index in [0.29, 0.717) is 13.0 Å². The van der Waals surface area contributed by atoms with Gasteiger partial charge in [0.15, 0.2) is 0 Å². The van der Waals surface area contributed by atoms with Crippen molar-refractivity contribution in [3.63, 3.8) is 0 Å². The van der Waals surface area contributed by atoms with Gasteiger partial charge in [0.2, 0.25) is 11.8 Å². The summed E-state index contributed by atoms with van der Waals surface area (Å²) < 4.78 is 0. The number of likely N-dealkylation sites (tertiary alicyclic amines) is 1. The fourth-order valence-electron chi connectivity index (χ4n) is 2.67. The minimum Gasteiger partial charge on any atom is -0.480 e. The van der Waals surface area contributed by atoms with E-state index >= 15 is 0 Å². The highest BCUT2D eigenvalue weighted by Crippen LogP contribution is 2.25. The van der Waals surface area contributed by atoms with Gasteiger partial charge in [-0.1, -0.05) is 37.1 Å². The number of imide groups is 1. The molecule has 2 unspecified atom stereocenters. The third kappa shape index (κ3) is 7.74. The molecule has 1 fully saturated rings. The maximum absolute atomic E-state index is 12.3. The first-order valence-electron chi connectivity index (χ1n) is 9.11. The molecule has 0 aromatic carbocycles. The van der Waals surface area contributed by atoms with E-state index in [-0.39, 0.29) is 24.0 Å². The molecule has 0 aromatic rings. The number of allylic oxidation sites excluding steroid dienone is 3. The molecular formula is C19H30N2O4S. The molecule has 2 amide bonds. The highest BCUT2D eigenvalue weighted by atomic mass is 32.2. The van der Waals surface area contributed by atoms with Crippen LogP contribution in [0.5, 0.6) is 0 Å². The van der Waals surface area contributed by atoms with Crippen LogP contribution in [0, 0.1) is 0 Å². The second-order valence-corrected chi connectivity index (χ2v) is 7.73. The Morgan fingerprint density at radius 3 is 2.69 bits per heavy atom. The number of carboxylic acid groups (broad SMARTS) is 1. The number of nitrogens with two attached hydrogens (primary N) is 1. The van der Waals surface area contributed by atoms with Gasteiger partial charge in [-0.3, -0.25) is 19.3 Å². The molecule has 146 valence electrons. The number of unbranched alkanes of at least 4 members (excludes halogenated alkanes) is 1. The lowest BCUT2D eigenvalue weighted by molar-refractivity contribution is -0.139. The van der Waals surface area contributed by atoms with Crippen molar-refractivity contribution in [1.29, 1.82) is 0 Å². The fourth-order valence-corrected chi connectivity index (χ4v) is 3.78. The summed E-state index contributed by atoms with van der Waals surface area (Å²) in [6, 6.07) is -1.02. The van der Waals surface area contributed by atoms with Crippen LogP contribution in [-0.4, -0.2) is 51.4 Å². The molecule has 1 saturated heterocycles. The highest BCUT2D eigenvalue weighted by Gasteiger charge is 2.38. The summed E-state index contributed by atoms with van der Waals surface area (Å²) in [6.07, 6.45) is 11.4. The average Bonchev–Trinajstić information content (AvgIpc) is 2.86. The molecule has 26 heavy (non-hydrogen) atoms. The molecule has 3 N–H and O–H groups in total. The van der Waals surface area contributed by atoms with Crippen molar-refractivity contribution in [2.24, 2.45) is 5.73 Å². The number of hydrogen-bond acceptors (Lipinski definition) is 5. The second kappa shape index (κ2) is 11.9. The number of rotatable bonds is 12. The summed E-state index contributed by atoms with van der Waals surface area (Å²) in [5.74, 6) is -1.40. The molecule has 0 bridgehead atoms. The van der Waals surface area contributed by atoms with E-state index in [9.17, 15) is 14.4 Å². The first-order chi connectivity index (χ1) is 12.4. The van der Waals surface area contributed by atoms with E-state index in [0.717, 1.165) is 37.4 Å². The first kappa shape index (κ1) is 22.4. The molecule has 0 aliphatic carbocycles. The smallest absolute Gasteiger partial charge is 0.321 e. The third-order valence-corrected chi connectivity index (χ3v) is 5.48. The predicted molar refractivity (Wildman–Crippen MR) is 105 cm³/mol. The zero-order valence-electron chi connectivity index (χ0n) is 15.6. The maximum atomic E-state index is 12.3. The molecular weight excluding hydrogens is 352 g/mol. The van der Waals surface area contributed by atoms with Crippen molar-refractivity contribution in [2.45, 2.75) is 63.7 Å². The number of hydrogen-bond donors (Lipinski definition) is 2. The van der Waals surface area contributed by atoms with Crippen LogP contribution in [-0.2, 0) is 14.4 Å². The van der Waals surface area contributed by atoms with Gasteiger partial charge >= 0.3 is 5.97 Å². The number of nitrogens with zero attached hydrogens (tertiary/aromatic N) is 1. The summed E-state index contributed by atoms with van der Waals surface area (Å²) in [5.41, 5.74) is 6.86. The maximum Gasteiger partial charge on any atom is 0.321 e. The van der Waals surface area contributed by atoms with Gasteiger partial charge in [0.05, 0.1) is 5.25 Å². The molecule has 7 heteroatoms. The Bertz CT molecular complexity index is 560. The number of amides is 2. The Labute approximate surface area is 159 Å². The molecule has 0 aromatic heterocycles. The molecule has 0 radical (unpaired) electrons. The normalized spacial score (nSPS) is 19.6. The third-order valence-electron chi connectivity index (χ3n) is 4.15. The molecule has 1 rings (SSSR count). The number of carboxylic acids is 1. The fraction of sp³-hybridized carbons (Fsp3) is 0.632. The van der Waals surface area contributed by atoms with E-state index in [4.69, 9.17) is 10.8 Å². The zero-order chi connectivity index (χ0) is 19.5. The van der Waals surface area contributed by atoms with Gasteiger partial charge < -0.3 is 10.8 Å². The van der Waals surface area contributed by atoms with Crippen LogP contribution in [0.3, 0.4) is 0 Å². The first-order valence-corrected chi connectivity index (χ1v) is 10.2. The van der Waals surface area contributed by atoms with Crippen molar-refractivity contribution < 1.29 is 19.5 Å². The van der Waals surface area contributed by atoms with Gasteiger partial charge in [0.1, 0.15) is 6.04 Å². The standard InChI is InChI=1S/C19H30N2O4S/c1-3-9-14(2)10-7-5-4-6-8-11-21-17(22)12-16(18(21)23)26-13-15(20)19(24)25/h4,6,10,15-16H,3,5,7-9,11-13,20H2,1-2H3,(H,24,25)/b6-4+,14-10-. The molecule has 6 nitrogen and oxygen atoms in total. The largest absolute Gasteiger partial charge is 0.480 e. The minimum absolute atomic E-state index is 0.123. The lowest BCUT2D eigenvalue weighted by Crippen LogP contribution is -2.35. The van der Waals surface area contributed by atoms with E-state index < -0.39 is 17.3 Å². The van der Waals surface area contributed by atoms with Crippen LogP contribution >= 0.6 is 11.8 Å². The Morgan fingerprint density at radius 2 is 2.04 bits per heavy atom. The molecule has 1 aliphatic rings. The van der Waals surface area contributed by atoms with Crippen LogP contribution < -0.4 is 5.73 Å². The average molecular weight is 383 g/mol. The summed E-state index contributed by atoms with van der Waals surface area (Å²) >= 11 is 1.15. The Kier molecular flexibility index (Phi) is 10.3.